The van der Waals surface area contributed by atoms with Crippen molar-refractivity contribution in [1.82, 2.24) is 0 Å². The number of halogens is 3. The van der Waals surface area contributed by atoms with Crippen molar-refractivity contribution in [2.24, 2.45) is 0 Å². The fraction of sp³-hybridized carbons (Fsp3) is 0. The molecule has 0 aromatic heterocycles. The Kier molecular flexibility index (Phi) is 2.59. The van der Waals surface area contributed by atoms with Gasteiger partial charge in [0.05, 0.1) is 5.56 Å². The second-order valence-corrected chi connectivity index (χ2v) is 2.55. The van der Waals surface area contributed by atoms with Gasteiger partial charge in [-0.05, 0) is 23.7 Å². The van der Waals surface area contributed by atoms with Gasteiger partial charge in [-0.2, -0.15) is 5.26 Å². The van der Waals surface area contributed by atoms with E-state index in [2.05, 4.69) is 0 Å². The Morgan fingerprint density at radius 1 is 1.46 bits per heavy atom. The second kappa shape index (κ2) is 3.50. The molecular formula is C8H2ClF2NO. The zero-order valence-corrected chi connectivity index (χ0v) is 6.90. The number of carbonyl (C=O) groups is 1. The molecule has 13 heavy (non-hydrogen) atoms. The normalized spacial score (nSPS) is 9.38. The third kappa shape index (κ3) is 1.82. The molecule has 2 nitrogen and oxygen atoms in total. The van der Waals surface area contributed by atoms with E-state index in [4.69, 9.17) is 16.9 Å². The highest BCUT2D eigenvalue weighted by Gasteiger charge is 2.13. The van der Waals surface area contributed by atoms with Gasteiger partial charge in [-0.15, -0.1) is 0 Å². The summed E-state index contributed by atoms with van der Waals surface area (Å²) in [4.78, 5) is 10.5. The van der Waals surface area contributed by atoms with Gasteiger partial charge in [0.15, 0.2) is 11.6 Å². The Labute approximate surface area is 77.3 Å². The molecule has 0 aliphatic rings. The summed E-state index contributed by atoms with van der Waals surface area (Å²) in [5, 5.41) is 7.40. The number of nitriles is 1. The van der Waals surface area contributed by atoms with Gasteiger partial charge in [0.2, 0.25) is 0 Å². The van der Waals surface area contributed by atoms with Gasteiger partial charge < -0.3 is 0 Å². The molecular weight excluding hydrogens is 200 g/mol. The van der Waals surface area contributed by atoms with Crippen molar-refractivity contribution in [3.8, 4) is 6.07 Å². The Balaban J connectivity index is 3.41. The molecule has 1 rings (SSSR count). The summed E-state index contributed by atoms with van der Waals surface area (Å²) in [5.74, 6) is -2.53. The molecule has 1 aromatic carbocycles. The summed E-state index contributed by atoms with van der Waals surface area (Å²) in [6.45, 7) is 0. The van der Waals surface area contributed by atoms with E-state index >= 15 is 0 Å². The van der Waals surface area contributed by atoms with E-state index in [9.17, 15) is 13.6 Å². The average molecular weight is 202 g/mol. The molecule has 0 unspecified atom stereocenters. The maximum Gasteiger partial charge on any atom is 0.252 e. The third-order valence-electron chi connectivity index (χ3n) is 1.38. The summed E-state index contributed by atoms with van der Waals surface area (Å²) in [6.07, 6.45) is 0. The van der Waals surface area contributed by atoms with Crippen LogP contribution in [-0.2, 0) is 0 Å². The molecule has 1 aromatic rings. The first kappa shape index (κ1) is 9.62. The molecule has 66 valence electrons. The van der Waals surface area contributed by atoms with Crippen LogP contribution in [0.2, 0.25) is 0 Å². The van der Waals surface area contributed by atoms with E-state index in [0.29, 0.717) is 6.07 Å². The molecule has 0 heterocycles. The molecule has 0 atom stereocenters. The molecule has 0 aliphatic carbocycles. The summed E-state index contributed by atoms with van der Waals surface area (Å²) >= 11 is 5.02. The van der Waals surface area contributed by atoms with Crippen molar-refractivity contribution >= 4 is 16.8 Å². The number of benzene rings is 1. The molecule has 0 bridgehead atoms. The molecule has 0 amide bonds. The maximum atomic E-state index is 12.7. The summed E-state index contributed by atoms with van der Waals surface area (Å²) < 4.78 is 25.3. The number of nitrogens with zero attached hydrogens (tertiary/aromatic N) is 1. The van der Waals surface area contributed by atoms with Crippen LogP contribution in [-0.4, -0.2) is 5.24 Å². The number of hydrogen-bond acceptors (Lipinski definition) is 2. The van der Waals surface area contributed by atoms with Crippen molar-refractivity contribution in [1.29, 1.82) is 5.26 Å². The maximum absolute atomic E-state index is 12.7. The minimum atomic E-state index is -1.27. The first-order chi connectivity index (χ1) is 6.06. The van der Waals surface area contributed by atoms with Crippen LogP contribution in [0.5, 0.6) is 0 Å². The van der Waals surface area contributed by atoms with Crippen LogP contribution < -0.4 is 0 Å². The minimum absolute atomic E-state index is 0.239. The zero-order chi connectivity index (χ0) is 10.0. The summed E-state index contributed by atoms with van der Waals surface area (Å²) in [5.41, 5.74) is -0.777. The van der Waals surface area contributed by atoms with E-state index in [0.717, 1.165) is 6.07 Å². The standard InChI is InChI=1S/C8H2ClF2NO/c9-8(13)4-1-5(3-12)7(11)6(10)2-4/h1-2H. The van der Waals surface area contributed by atoms with Crippen LogP contribution in [0.3, 0.4) is 0 Å². The van der Waals surface area contributed by atoms with Gasteiger partial charge >= 0.3 is 0 Å². The zero-order valence-electron chi connectivity index (χ0n) is 6.14. The van der Waals surface area contributed by atoms with Crippen LogP contribution in [0, 0.1) is 23.0 Å². The first-order valence-corrected chi connectivity index (χ1v) is 3.53. The Hall–Kier alpha value is -1.47. The lowest BCUT2D eigenvalue weighted by Crippen LogP contribution is -1.96. The van der Waals surface area contributed by atoms with Crippen molar-refractivity contribution < 1.29 is 13.6 Å². The molecule has 0 aliphatic heterocycles. The van der Waals surface area contributed by atoms with Crippen LogP contribution in [0.4, 0.5) is 8.78 Å². The highest BCUT2D eigenvalue weighted by atomic mass is 35.5. The first-order valence-electron chi connectivity index (χ1n) is 3.15. The van der Waals surface area contributed by atoms with Crippen LogP contribution in [0.15, 0.2) is 12.1 Å². The van der Waals surface area contributed by atoms with Gasteiger partial charge in [-0.3, -0.25) is 4.79 Å². The van der Waals surface area contributed by atoms with E-state index in [1.165, 1.54) is 6.07 Å². The number of carbonyl (C=O) groups excluding carboxylic acids is 1. The fourth-order valence-corrected chi connectivity index (χ4v) is 0.893. The van der Waals surface area contributed by atoms with Crippen molar-refractivity contribution in [3.63, 3.8) is 0 Å². The number of rotatable bonds is 1. The molecule has 5 heteroatoms. The highest BCUT2D eigenvalue weighted by Crippen LogP contribution is 2.15. The Bertz CT molecular complexity index is 411. The molecule has 0 N–H and O–H groups in total. The van der Waals surface area contributed by atoms with E-state index in [-0.39, 0.29) is 5.56 Å². The minimum Gasteiger partial charge on any atom is -0.276 e. The van der Waals surface area contributed by atoms with Crippen molar-refractivity contribution in [2.45, 2.75) is 0 Å². The monoisotopic (exact) mass is 201 g/mol. The van der Waals surface area contributed by atoms with E-state index < -0.39 is 22.4 Å². The van der Waals surface area contributed by atoms with Crippen molar-refractivity contribution in [3.05, 3.63) is 34.9 Å². The van der Waals surface area contributed by atoms with Gasteiger partial charge in [-0.1, -0.05) is 0 Å². The topological polar surface area (TPSA) is 40.9 Å². The van der Waals surface area contributed by atoms with Crippen LogP contribution in [0.1, 0.15) is 15.9 Å². The predicted molar refractivity (Wildman–Crippen MR) is 41.3 cm³/mol. The largest absolute Gasteiger partial charge is 0.276 e. The van der Waals surface area contributed by atoms with Gasteiger partial charge in [0, 0.05) is 5.56 Å². The Morgan fingerprint density at radius 3 is 2.54 bits per heavy atom. The van der Waals surface area contributed by atoms with Gasteiger partial charge in [-0.25, -0.2) is 8.78 Å². The van der Waals surface area contributed by atoms with Gasteiger partial charge in [0.25, 0.3) is 5.24 Å². The number of hydrogen-bond donors (Lipinski definition) is 0. The predicted octanol–water partition coefficient (Wildman–Crippen LogP) is 2.22. The van der Waals surface area contributed by atoms with Crippen LogP contribution in [0.25, 0.3) is 0 Å². The second-order valence-electron chi connectivity index (χ2n) is 2.21. The molecule has 0 saturated carbocycles. The lowest BCUT2D eigenvalue weighted by atomic mass is 10.1. The molecule has 0 spiro atoms. The summed E-state index contributed by atoms with van der Waals surface area (Å²) in [6, 6.07) is 2.95. The Morgan fingerprint density at radius 2 is 2.08 bits per heavy atom. The quantitative estimate of drug-likeness (QED) is 0.654. The van der Waals surface area contributed by atoms with Gasteiger partial charge in [0.1, 0.15) is 6.07 Å². The average Bonchev–Trinajstić information content (AvgIpc) is 2.09. The molecule has 0 fully saturated rings. The lowest BCUT2D eigenvalue weighted by molar-refractivity contribution is 0.108. The third-order valence-corrected chi connectivity index (χ3v) is 1.59. The molecule has 0 saturated heterocycles. The summed E-state index contributed by atoms with van der Waals surface area (Å²) in [7, 11) is 0. The van der Waals surface area contributed by atoms with Crippen molar-refractivity contribution in [2.75, 3.05) is 0 Å². The SMILES string of the molecule is N#Cc1cc(C(=O)Cl)cc(F)c1F. The molecule has 0 radical (unpaired) electrons. The highest BCUT2D eigenvalue weighted by molar-refractivity contribution is 6.67. The van der Waals surface area contributed by atoms with Crippen LogP contribution >= 0.6 is 11.6 Å². The fourth-order valence-electron chi connectivity index (χ4n) is 0.784. The smallest absolute Gasteiger partial charge is 0.252 e. The van der Waals surface area contributed by atoms with E-state index in [1.807, 2.05) is 0 Å². The van der Waals surface area contributed by atoms with E-state index in [1.54, 1.807) is 0 Å². The lowest BCUT2D eigenvalue weighted by Gasteiger charge is -1.97.